The third kappa shape index (κ3) is 4.46. The number of carbonyl (C=O) groups is 1. The maximum atomic E-state index is 12.3. The van der Waals surface area contributed by atoms with Crippen molar-refractivity contribution in [2.75, 3.05) is 18.2 Å². The molecule has 0 aliphatic rings. The van der Waals surface area contributed by atoms with Crippen molar-refractivity contribution < 1.29 is 13.7 Å². The maximum absolute atomic E-state index is 12.3. The molecular formula is C15H24N2O3S. The summed E-state index contributed by atoms with van der Waals surface area (Å²) in [6.45, 7) is 7.55. The third-order valence-corrected chi connectivity index (χ3v) is 5.69. The van der Waals surface area contributed by atoms with Crippen LogP contribution in [0.3, 0.4) is 0 Å². The number of ether oxygens (including phenoxy) is 1. The number of amides is 1. The van der Waals surface area contributed by atoms with Crippen molar-refractivity contribution >= 4 is 28.1 Å². The average molecular weight is 312 g/mol. The van der Waals surface area contributed by atoms with E-state index in [-0.39, 0.29) is 17.1 Å². The number of rotatable bonds is 6. The Hall–Kier alpha value is -1.56. The van der Waals surface area contributed by atoms with Crippen LogP contribution in [0.25, 0.3) is 0 Å². The topological polar surface area (TPSA) is 81.4 Å². The number of anilines is 2. The lowest BCUT2D eigenvalue weighted by molar-refractivity contribution is -0.115. The lowest BCUT2D eigenvalue weighted by Crippen LogP contribution is -2.35. The third-order valence-electron chi connectivity index (χ3n) is 3.50. The predicted octanol–water partition coefficient (Wildman–Crippen LogP) is 2.40. The van der Waals surface area contributed by atoms with Gasteiger partial charge in [-0.1, -0.05) is 20.8 Å². The smallest absolute Gasteiger partial charge is 0.239 e. The van der Waals surface area contributed by atoms with E-state index in [2.05, 4.69) is 5.32 Å². The monoisotopic (exact) mass is 312 g/mol. The van der Waals surface area contributed by atoms with Gasteiger partial charge in [0.05, 0.1) is 12.8 Å². The normalized spacial score (nSPS) is 15.3. The fourth-order valence-electron chi connectivity index (χ4n) is 1.75. The van der Waals surface area contributed by atoms with Crippen LogP contribution in [0.2, 0.25) is 0 Å². The minimum absolute atomic E-state index is 0.0477. The summed E-state index contributed by atoms with van der Waals surface area (Å²) in [5.74, 6) is 0.472. The molecule has 0 spiro atoms. The molecule has 3 N–H and O–H groups in total. The second-order valence-corrected chi connectivity index (χ2v) is 7.48. The van der Waals surface area contributed by atoms with Crippen molar-refractivity contribution in [1.29, 1.82) is 0 Å². The number of nitrogens with one attached hydrogen (secondary N) is 1. The number of hydrogen-bond donors (Lipinski definition) is 2. The van der Waals surface area contributed by atoms with E-state index in [0.717, 1.165) is 0 Å². The Morgan fingerprint density at radius 2 is 1.90 bits per heavy atom. The minimum atomic E-state index is -1.24. The van der Waals surface area contributed by atoms with Crippen molar-refractivity contribution in [3.8, 4) is 5.75 Å². The number of nitrogen functional groups attached to an aromatic ring is 1. The van der Waals surface area contributed by atoms with Gasteiger partial charge in [-0.15, -0.1) is 0 Å². The summed E-state index contributed by atoms with van der Waals surface area (Å²) < 4.78 is 17.5. The summed E-state index contributed by atoms with van der Waals surface area (Å²) in [6, 6.07) is 5.00. The minimum Gasteiger partial charge on any atom is -0.495 e. The van der Waals surface area contributed by atoms with E-state index in [4.69, 9.17) is 10.5 Å². The molecule has 0 radical (unpaired) electrons. The van der Waals surface area contributed by atoms with Gasteiger partial charge in [-0.25, -0.2) is 0 Å². The van der Waals surface area contributed by atoms with E-state index >= 15 is 0 Å². The highest BCUT2D eigenvalue weighted by molar-refractivity contribution is 7.87. The van der Waals surface area contributed by atoms with Gasteiger partial charge in [0.15, 0.2) is 0 Å². The van der Waals surface area contributed by atoms with Crippen LogP contribution >= 0.6 is 0 Å². The molecular weight excluding hydrogens is 288 g/mol. The molecule has 0 fully saturated rings. The van der Waals surface area contributed by atoms with E-state index < -0.39 is 16.0 Å². The SMILES string of the molecule is COc1ccc(N)cc1NC(=O)C(C)S(=O)C(C)C(C)C. The van der Waals surface area contributed by atoms with E-state index in [1.165, 1.54) is 7.11 Å². The first-order chi connectivity index (χ1) is 9.77. The Morgan fingerprint density at radius 3 is 2.43 bits per heavy atom. The average Bonchev–Trinajstić information content (AvgIpc) is 2.44. The highest BCUT2D eigenvalue weighted by Crippen LogP contribution is 2.27. The molecule has 21 heavy (non-hydrogen) atoms. The summed E-state index contributed by atoms with van der Waals surface area (Å²) in [6.07, 6.45) is 0. The molecule has 6 heteroatoms. The van der Waals surface area contributed by atoms with Crippen molar-refractivity contribution in [2.24, 2.45) is 5.92 Å². The van der Waals surface area contributed by atoms with Crippen molar-refractivity contribution in [3.63, 3.8) is 0 Å². The predicted molar refractivity (Wildman–Crippen MR) is 87.9 cm³/mol. The van der Waals surface area contributed by atoms with E-state index in [9.17, 15) is 9.00 Å². The fraction of sp³-hybridized carbons (Fsp3) is 0.533. The summed E-state index contributed by atoms with van der Waals surface area (Å²) in [5.41, 5.74) is 6.73. The molecule has 0 heterocycles. The molecule has 0 aliphatic carbocycles. The molecule has 1 aromatic carbocycles. The number of methoxy groups -OCH3 is 1. The molecule has 5 nitrogen and oxygen atoms in total. The Balaban J connectivity index is 2.86. The van der Waals surface area contributed by atoms with Crippen molar-refractivity contribution in [2.45, 2.75) is 38.2 Å². The van der Waals surface area contributed by atoms with Crippen LogP contribution < -0.4 is 15.8 Å². The number of carbonyl (C=O) groups excluding carboxylic acids is 1. The first-order valence-corrected chi connectivity index (χ1v) is 8.19. The van der Waals surface area contributed by atoms with E-state index in [1.807, 2.05) is 20.8 Å². The Bertz CT molecular complexity index is 532. The van der Waals surface area contributed by atoms with Crippen LogP contribution in [0.4, 0.5) is 11.4 Å². The maximum Gasteiger partial charge on any atom is 0.239 e. The highest BCUT2D eigenvalue weighted by Gasteiger charge is 2.26. The molecule has 0 aliphatic heterocycles. The van der Waals surface area contributed by atoms with Gasteiger partial charge in [-0.05, 0) is 31.0 Å². The molecule has 0 aromatic heterocycles. The van der Waals surface area contributed by atoms with Gasteiger partial charge in [-0.3, -0.25) is 9.00 Å². The Morgan fingerprint density at radius 1 is 1.29 bits per heavy atom. The van der Waals surface area contributed by atoms with Gasteiger partial charge in [-0.2, -0.15) is 0 Å². The summed E-state index contributed by atoms with van der Waals surface area (Å²) in [7, 11) is 0.276. The molecule has 3 atom stereocenters. The molecule has 0 saturated carbocycles. The van der Waals surface area contributed by atoms with E-state index in [0.29, 0.717) is 17.1 Å². The van der Waals surface area contributed by atoms with Crippen LogP contribution in [0.1, 0.15) is 27.7 Å². The van der Waals surface area contributed by atoms with Gasteiger partial charge >= 0.3 is 0 Å². The molecule has 0 bridgehead atoms. The van der Waals surface area contributed by atoms with Crippen LogP contribution in [0, 0.1) is 5.92 Å². The molecule has 1 rings (SSSR count). The van der Waals surface area contributed by atoms with Gasteiger partial charge in [0.2, 0.25) is 5.91 Å². The largest absolute Gasteiger partial charge is 0.495 e. The highest BCUT2D eigenvalue weighted by atomic mass is 32.2. The first kappa shape index (κ1) is 17.5. The second kappa shape index (κ2) is 7.45. The van der Waals surface area contributed by atoms with Crippen molar-refractivity contribution in [3.05, 3.63) is 18.2 Å². The molecule has 0 saturated heterocycles. The van der Waals surface area contributed by atoms with Gasteiger partial charge in [0.25, 0.3) is 0 Å². The second-order valence-electron chi connectivity index (χ2n) is 5.37. The van der Waals surface area contributed by atoms with E-state index in [1.54, 1.807) is 25.1 Å². The summed E-state index contributed by atoms with van der Waals surface area (Å²) in [5, 5.41) is 2.09. The van der Waals surface area contributed by atoms with Gasteiger partial charge in [0, 0.05) is 21.7 Å². The van der Waals surface area contributed by atoms with Crippen LogP contribution in [-0.4, -0.2) is 27.7 Å². The fourth-order valence-corrected chi connectivity index (χ4v) is 3.20. The molecule has 118 valence electrons. The van der Waals surface area contributed by atoms with Gasteiger partial charge < -0.3 is 15.8 Å². The zero-order chi connectivity index (χ0) is 16.2. The van der Waals surface area contributed by atoms with Crippen LogP contribution in [-0.2, 0) is 15.6 Å². The molecule has 1 amide bonds. The quantitative estimate of drug-likeness (QED) is 0.790. The molecule has 3 unspecified atom stereocenters. The van der Waals surface area contributed by atoms with Crippen molar-refractivity contribution in [1.82, 2.24) is 0 Å². The zero-order valence-corrected chi connectivity index (χ0v) is 14.0. The lowest BCUT2D eigenvalue weighted by atomic mass is 10.2. The number of nitrogens with two attached hydrogens (primary N) is 1. The van der Waals surface area contributed by atoms with Crippen LogP contribution in [0.5, 0.6) is 5.75 Å². The molecule has 1 aromatic rings. The Labute approximate surface area is 128 Å². The lowest BCUT2D eigenvalue weighted by Gasteiger charge is -2.20. The number of hydrogen-bond acceptors (Lipinski definition) is 4. The first-order valence-electron chi connectivity index (χ1n) is 6.91. The van der Waals surface area contributed by atoms with Crippen LogP contribution in [0.15, 0.2) is 18.2 Å². The Kier molecular flexibility index (Phi) is 6.20. The summed E-state index contributed by atoms with van der Waals surface area (Å²) >= 11 is 0. The van der Waals surface area contributed by atoms with Gasteiger partial charge in [0.1, 0.15) is 11.0 Å². The zero-order valence-electron chi connectivity index (χ0n) is 13.2. The standard InChI is InChI=1S/C15H24N2O3S/c1-9(2)10(3)21(19)11(4)15(18)17-13-8-12(16)6-7-14(13)20-5/h6-11H,16H2,1-5H3,(H,17,18). The summed E-state index contributed by atoms with van der Waals surface area (Å²) in [4.78, 5) is 12.3. The number of benzene rings is 1.